The zero-order valence-corrected chi connectivity index (χ0v) is 14.5. The van der Waals surface area contributed by atoms with Gasteiger partial charge < -0.3 is 4.42 Å². The fourth-order valence-electron chi connectivity index (χ4n) is 2.32. The molecule has 0 saturated heterocycles. The number of aromatic nitrogens is 2. The summed E-state index contributed by atoms with van der Waals surface area (Å²) < 4.78 is 33.5. The van der Waals surface area contributed by atoms with Gasteiger partial charge in [-0.05, 0) is 49.6 Å². The van der Waals surface area contributed by atoms with Crippen LogP contribution in [0.4, 0.5) is 5.69 Å². The van der Waals surface area contributed by atoms with Gasteiger partial charge in [0.05, 0.1) is 4.88 Å². The molecule has 1 aliphatic carbocycles. The highest BCUT2D eigenvalue weighted by Crippen LogP contribution is 2.40. The first-order valence-electron chi connectivity index (χ1n) is 7.54. The summed E-state index contributed by atoms with van der Waals surface area (Å²) >= 11 is 1.12. The summed E-state index contributed by atoms with van der Waals surface area (Å²) in [5.74, 6) is 1.39. The van der Waals surface area contributed by atoms with Gasteiger partial charge in [-0.3, -0.25) is 4.72 Å². The molecule has 1 N–H and O–H groups in total. The first-order chi connectivity index (χ1) is 11.5. The Morgan fingerprint density at radius 3 is 2.79 bits per heavy atom. The van der Waals surface area contributed by atoms with E-state index in [-0.39, 0.29) is 4.21 Å². The van der Waals surface area contributed by atoms with Crippen molar-refractivity contribution < 1.29 is 12.8 Å². The summed E-state index contributed by atoms with van der Waals surface area (Å²) in [4.78, 5) is 0.652. The Hall–Kier alpha value is -2.19. The third-order valence-electron chi connectivity index (χ3n) is 3.69. The molecule has 1 fully saturated rings. The SMILES string of the molecule is Cc1cccc(NS(=O)(=O)c2ccc(-c3nnc(C4CC4)o3)s2)c1. The van der Waals surface area contributed by atoms with E-state index in [1.807, 2.05) is 19.1 Å². The molecule has 1 aromatic carbocycles. The van der Waals surface area contributed by atoms with Gasteiger partial charge in [0.1, 0.15) is 4.21 Å². The molecule has 8 heteroatoms. The average molecular weight is 361 g/mol. The Bertz CT molecular complexity index is 987. The van der Waals surface area contributed by atoms with Crippen LogP contribution in [0.15, 0.2) is 45.0 Å². The van der Waals surface area contributed by atoms with Crippen molar-refractivity contribution >= 4 is 27.0 Å². The number of rotatable bonds is 5. The zero-order valence-electron chi connectivity index (χ0n) is 12.9. The molecule has 3 aromatic rings. The highest BCUT2D eigenvalue weighted by molar-refractivity contribution is 7.94. The molecule has 6 nitrogen and oxygen atoms in total. The quantitative estimate of drug-likeness (QED) is 0.747. The number of thiophene rings is 1. The standard InChI is InChI=1S/C16H15N3O3S2/c1-10-3-2-4-12(9-10)19-24(20,21)14-8-7-13(23-14)16-18-17-15(22-16)11-5-6-11/h2-4,7-9,11,19H,5-6H2,1H3. The molecule has 0 radical (unpaired) electrons. The van der Waals surface area contributed by atoms with Crippen molar-refractivity contribution in [1.29, 1.82) is 0 Å². The first kappa shape index (κ1) is 15.3. The molecule has 0 unspecified atom stereocenters. The molecule has 0 atom stereocenters. The predicted molar refractivity (Wildman–Crippen MR) is 91.6 cm³/mol. The van der Waals surface area contributed by atoms with Crippen molar-refractivity contribution in [2.45, 2.75) is 29.9 Å². The maximum Gasteiger partial charge on any atom is 0.271 e. The van der Waals surface area contributed by atoms with Gasteiger partial charge in [-0.25, -0.2) is 8.42 Å². The fraction of sp³-hybridized carbons (Fsp3) is 0.250. The maximum absolute atomic E-state index is 12.5. The minimum atomic E-state index is -3.64. The molecule has 0 aliphatic heterocycles. The van der Waals surface area contributed by atoms with Crippen molar-refractivity contribution in [1.82, 2.24) is 10.2 Å². The summed E-state index contributed by atoms with van der Waals surface area (Å²) in [6.45, 7) is 1.91. The topological polar surface area (TPSA) is 85.1 Å². The molecule has 0 amide bonds. The molecule has 1 saturated carbocycles. The van der Waals surface area contributed by atoms with Crippen molar-refractivity contribution in [3.05, 3.63) is 47.9 Å². The number of aryl methyl sites for hydroxylation is 1. The van der Waals surface area contributed by atoms with E-state index in [1.54, 1.807) is 24.3 Å². The first-order valence-corrected chi connectivity index (χ1v) is 9.84. The van der Waals surface area contributed by atoms with Gasteiger partial charge in [0, 0.05) is 11.6 Å². The van der Waals surface area contributed by atoms with Crippen LogP contribution in [0.5, 0.6) is 0 Å². The monoisotopic (exact) mass is 361 g/mol. The number of benzene rings is 1. The van der Waals surface area contributed by atoms with Crippen LogP contribution in [0, 0.1) is 6.92 Å². The zero-order chi connectivity index (χ0) is 16.7. The van der Waals surface area contributed by atoms with Crippen LogP contribution in [-0.2, 0) is 10.0 Å². The third-order valence-corrected chi connectivity index (χ3v) is 6.64. The van der Waals surface area contributed by atoms with Gasteiger partial charge in [-0.1, -0.05) is 12.1 Å². The van der Waals surface area contributed by atoms with E-state index in [1.165, 1.54) is 0 Å². The summed E-state index contributed by atoms with van der Waals surface area (Å²) in [5.41, 5.74) is 1.53. The van der Waals surface area contributed by atoms with Gasteiger partial charge in [-0.15, -0.1) is 21.5 Å². The van der Waals surface area contributed by atoms with Crippen LogP contribution < -0.4 is 4.72 Å². The molecule has 2 aromatic heterocycles. The van der Waals surface area contributed by atoms with Crippen LogP contribution in [0.25, 0.3) is 10.8 Å². The molecule has 24 heavy (non-hydrogen) atoms. The van der Waals surface area contributed by atoms with E-state index in [0.717, 1.165) is 29.7 Å². The second-order valence-corrected chi connectivity index (χ2v) is 8.81. The predicted octanol–water partition coefficient (Wildman–Crippen LogP) is 3.78. The number of hydrogen-bond donors (Lipinski definition) is 1. The van der Waals surface area contributed by atoms with E-state index in [9.17, 15) is 8.42 Å². The third kappa shape index (κ3) is 3.07. The number of sulfonamides is 1. The number of nitrogens with one attached hydrogen (secondary N) is 1. The van der Waals surface area contributed by atoms with Gasteiger partial charge in [0.2, 0.25) is 5.89 Å². The van der Waals surface area contributed by atoms with E-state index in [2.05, 4.69) is 14.9 Å². The van der Waals surface area contributed by atoms with Crippen molar-refractivity contribution in [2.24, 2.45) is 0 Å². The van der Waals surface area contributed by atoms with E-state index >= 15 is 0 Å². The van der Waals surface area contributed by atoms with Crippen molar-refractivity contribution in [2.75, 3.05) is 4.72 Å². The lowest BCUT2D eigenvalue weighted by molar-refractivity contribution is 0.509. The van der Waals surface area contributed by atoms with Gasteiger partial charge in [-0.2, -0.15) is 0 Å². The molecular weight excluding hydrogens is 346 g/mol. The van der Waals surface area contributed by atoms with Crippen LogP contribution in [0.2, 0.25) is 0 Å². The average Bonchev–Trinajstić information content (AvgIpc) is 3.07. The Morgan fingerprint density at radius 1 is 1.21 bits per heavy atom. The van der Waals surface area contributed by atoms with Gasteiger partial charge in [0.25, 0.3) is 15.9 Å². The lowest BCUT2D eigenvalue weighted by atomic mass is 10.2. The van der Waals surface area contributed by atoms with Gasteiger partial charge in [0.15, 0.2) is 0 Å². The number of anilines is 1. The minimum Gasteiger partial charge on any atom is -0.420 e. The molecule has 4 rings (SSSR count). The second-order valence-electron chi connectivity index (χ2n) is 5.81. The lowest BCUT2D eigenvalue weighted by Crippen LogP contribution is -2.11. The van der Waals surface area contributed by atoms with E-state index in [0.29, 0.717) is 28.3 Å². The molecule has 124 valence electrons. The number of nitrogens with zero attached hydrogens (tertiary/aromatic N) is 2. The normalized spacial score (nSPS) is 14.7. The number of hydrogen-bond acceptors (Lipinski definition) is 6. The summed E-state index contributed by atoms with van der Waals surface area (Å²) in [6, 6.07) is 10.5. The fourth-order valence-corrected chi connectivity index (χ4v) is 4.60. The highest BCUT2D eigenvalue weighted by Gasteiger charge is 2.30. The van der Waals surface area contributed by atoms with Crippen molar-refractivity contribution in [3.8, 4) is 10.8 Å². The van der Waals surface area contributed by atoms with Crippen LogP contribution in [0.3, 0.4) is 0 Å². The molecule has 2 heterocycles. The summed E-state index contributed by atoms with van der Waals surface area (Å²) in [5, 5.41) is 8.05. The van der Waals surface area contributed by atoms with Gasteiger partial charge >= 0.3 is 0 Å². The van der Waals surface area contributed by atoms with Crippen LogP contribution >= 0.6 is 11.3 Å². The van der Waals surface area contributed by atoms with Crippen LogP contribution in [0.1, 0.15) is 30.2 Å². The molecule has 1 aliphatic rings. The molecule has 0 bridgehead atoms. The Balaban J connectivity index is 1.58. The molecular formula is C16H15N3O3S2. The maximum atomic E-state index is 12.5. The highest BCUT2D eigenvalue weighted by atomic mass is 32.2. The smallest absolute Gasteiger partial charge is 0.271 e. The van der Waals surface area contributed by atoms with Crippen molar-refractivity contribution in [3.63, 3.8) is 0 Å². The van der Waals surface area contributed by atoms with Crippen LogP contribution in [-0.4, -0.2) is 18.6 Å². The largest absolute Gasteiger partial charge is 0.420 e. The summed E-state index contributed by atoms with van der Waals surface area (Å²) in [6.07, 6.45) is 2.15. The molecule has 0 spiro atoms. The Morgan fingerprint density at radius 2 is 2.04 bits per heavy atom. The Labute approximate surface area is 143 Å². The van der Waals surface area contributed by atoms with E-state index < -0.39 is 10.0 Å². The minimum absolute atomic E-state index is 0.213. The second kappa shape index (κ2) is 5.71. The summed E-state index contributed by atoms with van der Waals surface area (Å²) in [7, 11) is -3.64. The lowest BCUT2D eigenvalue weighted by Gasteiger charge is -2.06. The Kier molecular flexibility index (Phi) is 3.65. The van der Waals surface area contributed by atoms with E-state index in [4.69, 9.17) is 4.42 Å².